The van der Waals surface area contributed by atoms with Crippen LogP contribution in [0.15, 0.2) is 41.5 Å². The largest absolute Gasteiger partial charge is 0.354 e. The van der Waals surface area contributed by atoms with Gasteiger partial charge in [0.15, 0.2) is 0 Å². The van der Waals surface area contributed by atoms with Gasteiger partial charge in [0.1, 0.15) is 5.82 Å². The molecule has 2 aromatic rings. The van der Waals surface area contributed by atoms with Crippen LogP contribution in [0, 0.1) is 11.7 Å². The lowest BCUT2D eigenvalue weighted by Gasteiger charge is -2.13. The van der Waals surface area contributed by atoms with Crippen molar-refractivity contribution in [2.75, 3.05) is 6.54 Å². The van der Waals surface area contributed by atoms with E-state index in [4.69, 9.17) is 0 Å². The van der Waals surface area contributed by atoms with Gasteiger partial charge in [0.25, 0.3) is 5.56 Å². The van der Waals surface area contributed by atoms with E-state index >= 15 is 0 Å². The second-order valence-corrected chi connectivity index (χ2v) is 5.62. The van der Waals surface area contributed by atoms with Crippen molar-refractivity contribution >= 4 is 5.91 Å². The molecule has 128 valence electrons. The molecule has 0 saturated carbocycles. The number of aromatic nitrogens is 2. The van der Waals surface area contributed by atoms with E-state index in [0.29, 0.717) is 24.3 Å². The van der Waals surface area contributed by atoms with E-state index in [1.54, 1.807) is 12.1 Å². The highest BCUT2D eigenvalue weighted by molar-refractivity contribution is 5.78. The van der Waals surface area contributed by atoms with Gasteiger partial charge in [-0.2, -0.15) is 0 Å². The van der Waals surface area contributed by atoms with Gasteiger partial charge < -0.3 is 5.32 Å². The Bertz CT molecular complexity index is 737. The lowest BCUT2D eigenvalue weighted by molar-refractivity contribution is -0.125. The molecular formula is C18H22FN3O2. The first kappa shape index (κ1) is 17.8. The fourth-order valence-corrected chi connectivity index (χ4v) is 2.48. The topological polar surface area (TPSA) is 64.0 Å². The smallest absolute Gasteiger partial charge is 0.253 e. The number of carbonyl (C=O) groups excluding carboxylic acids is 1. The van der Waals surface area contributed by atoms with Gasteiger partial charge in [-0.1, -0.05) is 13.8 Å². The molecule has 1 heterocycles. The van der Waals surface area contributed by atoms with Crippen molar-refractivity contribution in [3.8, 4) is 11.3 Å². The van der Waals surface area contributed by atoms with E-state index in [-0.39, 0.29) is 23.2 Å². The number of hydrogen-bond acceptors (Lipinski definition) is 3. The van der Waals surface area contributed by atoms with Crippen molar-refractivity contribution in [3.63, 3.8) is 0 Å². The molecule has 6 heteroatoms. The lowest BCUT2D eigenvalue weighted by atomic mass is 10.0. The highest BCUT2D eigenvalue weighted by Gasteiger charge is 2.13. The standard InChI is InChI=1S/C18H22FN3O2/c1-3-13(4-2)18(24)20-9-10-22-12-21-16(11-17(22)23)14-5-7-15(19)8-6-14/h5-8,11-13H,3-4,9-10H2,1-2H3,(H,20,24). The van der Waals surface area contributed by atoms with Gasteiger partial charge in [0.05, 0.1) is 12.0 Å². The molecule has 0 unspecified atom stereocenters. The number of nitrogens with one attached hydrogen (secondary N) is 1. The van der Waals surface area contributed by atoms with Crippen molar-refractivity contribution in [1.29, 1.82) is 0 Å². The minimum absolute atomic E-state index is 0.0145. The average Bonchev–Trinajstić information content (AvgIpc) is 2.58. The molecule has 0 aliphatic rings. The molecule has 0 radical (unpaired) electrons. The summed E-state index contributed by atoms with van der Waals surface area (Å²) in [4.78, 5) is 28.3. The Morgan fingerprint density at radius 2 is 1.92 bits per heavy atom. The summed E-state index contributed by atoms with van der Waals surface area (Å²) in [7, 11) is 0. The van der Waals surface area contributed by atoms with Crippen LogP contribution in [0.2, 0.25) is 0 Å². The Morgan fingerprint density at radius 1 is 1.25 bits per heavy atom. The van der Waals surface area contributed by atoms with Gasteiger partial charge in [0, 0.05) is 30.6 Å². The predicted molar refractivity (Wildman–Crippen MR) is 91.0 cm³/mol. The highest BCUT2D eigenvalue weighted by atomic mass is 19.1. The molecule has 0 saturated heterocycles. The van der Waals surface area contributed by atoms with Crippen molar-refractivity contribution in [1.82, 2.24) is 14.9 Å². The van der Waals surface area contributed by atoms with Crippen molar-refractivity contribution in [3.05, 3.63) is 52.8 Å². The highest BCUT2D eigenvalue weighted by Crippen LogP contribution is 2.14. The molecule has 1 N–H and O–H groups in total. The minimum atomic E-state index is -0.333. The first-order chi connectivity index (χ1) is 11.5. The molecule has 0 aliphatic carbocycles. The van der Waals surface area contributed by atoms with Crippen LogP contribution in [0.25, 0.3) is 11.3 Å². The molecule has 24 heavy (non-hydrogen) atoms. The second kappa shape index (κ2) is 8.38. The summed E-state index contributed by atoms with van der Waals surface area (Å²) in [6, 6.07) is 7.23. The molecular weight excluding hydrogens is 309 g/mol. The van der Waals surface area contributed by atoms with Gasteiger partial charge >= 0.3 is 0 Å². The summed E-state index contributed by atoms with van der Waals surface area (Å²) >= 11 is 0. The minimum Gasteiger partial charge on any atom is -0.354 e. The van der Waals surface area contributed by atoms with Crippen LogP contribution in [0.5, 0.6) is 0 Å². The molecule has 0 aliphatic heterocycles. The molecule has 1 aromatic carbocycles. The summed E-state index contributed by atoms with van der Waals surface area (Å²) in [5.41, 5.74) is 0.973. The number of halogens is 1. The monoisotopic (exact) mass is 331 g/mol. The Balaban J connectivity index is 1.99. The molecule has 2 rings (SSSR count). The van der Waals surface area contributed by atoms with Crippen molar-refractivity contribution in [2.24, 2.45) is 5.92 Å². The van der Waals surface area contributed by atoms with Gasteiger partial charge in [-0.05, 0) is 37.1 Å². The van der Waals surface area contributed by atoms with Gasteiger partial charge in [-0.25, -0.2) is 9.37 Å². The normalized spacial score (nSPS) is 10.8. The third-order valence-electron chi connectivity index (χ3n) is 4.03. The molecule has 5 nitrogen and oxygen atoms in total. The molecule has 0 fully saturated rings. The predicted octanol–water partition coefficient (Wildman–Crippen LogP) is 2.60. The quantitative estimate of drug-likeness (QED) is 0.848. The van der Waals surface area contributed by atoms with E-state index in [9.17, 15) is 14.0 Å². The van der Waals surface area contributed by atoms with Crippen molar-refractivity contribution in [2.45, 2.75) is 33.2 Å². The second-order valence-electron chi connectivity index (χ2n) is 5.62. The summed E-state index contributed by atoms with van der Waals surface area (Å²) < 4.78 is 14.4. The molecule has 0 spiro atoms. The third kappa shape index (κ3) is 4.50. The Hall–Kier alpha value is -2.50. The first-order valence-corrected chi connectivity index (χ1v) is 8.15. The zero-order valence-corrected chi connectivity index (χ0v) is 14.0. The number of amides is 1. The summed E-state index contributed by atoms with van der Waals surface area (Å²) in [5, 5.41) is 2.84. The zero-order valence-electron chi connectivity index (χ0n) is 14.0. The van der Waals surface area contributed by atoms with Crippen molar-refractivity contribution < 1.29 is 9.18 Å². The van der Waals surface area contributed by atoms with E-state index in [1.807, 2.05) is 13.8 Å². The maximum absolute atomic E-state index is 12.9. The van der Waals surface area contributed by atoms with E-state index < -0.39 is 0 Å². The molecule has 1 aromatic heterocycles. The summed E-state index contributed by atoms with van der Waals surface area (Å²) in [6.45, 7) is 4.71. The number of carbonyl (C=O) groups is 1. The van der Waals surface area contributed by atoms with Crippen LogP contribution < -0.4 is 10.9 Å². The summed E-state index contributed by atoms with van der Waals surface area (Å²) in [6.07, 6.45) is 3.05. The molecule has 1 amide bonds. The first-order valence-electron chi connectivity index (χ1n) is 8.15. The fraction of sp³-hybridized carbons (Fsp3) is 0.389. The van der Waals surface area contributed by atoms with Crippen LogP contribution in [-0.2, 0) is 11.3 Å². The third-order valence-corrected chi connectivity index (χ3v) is 4.03. The number of nitrogens with zero attached hydrogens (tertiary/aromatic N) is 2. The molecule has 0 atom stereocenters. The van der Waals surface area contributed by atoms with E-state index in [2.05, 4.69) is 10.3 Å². The maximum Gasteiger partial charge on any atom is 0.253 e. The van der Waals surface area contributed by atoms with Crippen LogP contribution in [0.3, 0.4) is 0 Å². The average molecular weight is 331 g/mol. The Labute approximate surface area is 140 Å². The molecule has 0 bridgehead atoms. The number of hydrogen-bond donors (Lipinski definition) is 1. The van der Waals surface area contributed by atoms with Crippen LogP contribution >= 0.6 is 0 Å². The SMILES string of the molecule is CCC(CC)C(=O)NCCn1cnc(-c2ccc(F)cc2)cc1=O. The summed E-state index contributed by atoms with van der Waals surface area (Å²) in [5.74, 6) is -0.301. The fourth-order valence-electron chi connectivity index (χ4n) is 2.48. The zero-order chi connectivity index (χ0) is 17.5. The lowest BCUT2D eigenvalue weighted by Crippen LogP contribution is -2.34. The van der Waals surface area contributed by atoms with Crippen LogP contribution in [-0.4, -0.2) is 22.0 Å². The Kier molecular flexibility index (Phi) is 6.23. The van der Waals surface area contributed by atoms with Crippen LogP contribution in [0.4, 0.5) is 4.39 Å². The van der Waals surface area contributed by atoms with Gasteiger partial charge in [0.2, 0.25) is 5.91 Å². The maximum atomic E-state index is 12.9. The van der Waals surface area contributed by atoms with E-state index in [0.717, 1.165) is 12.8 Å². The van der Waals surface area contributed by atoms with Gasteiger partial charge in [-0.3, -0.25) is 14.2 Å². The number of benzene rings is 1. The van der Waals surface area contributed by atoms with Crippen LogP contribution in [0.1, 0.15) is 26.7 Å². The Morgan fingerprint density at radius 3 is 2.50 bits per heavy atom. The van der Waals surface area contributed by atoms with E-state index in [1.165, 1.54) is 29.1 Å². The number of rotatable bonds is 7. The van der Waals surface area contributed by atoms with Gasteiger partial charge in [-0.15, -0.1) is 0 Å².